The smallest absolute Gasteiger partial charge is 0.780 e. The summed E-state index contributed by atoms with van der Waals surface area (Å²) in [7, 11) is -3.50. The molecule has 0 spiro atoms. The van der Waals surface area contributed by atoms with Crippen molar-refractivity contribution in [3.05, 3.63) is 35.4 Å². The Morgan fingerprint density at radius 2 is 1.81 bits per heavy atom. The summed E-state index contributed by atoms with van der Waals surface area (Å²) in [6.07, 6.45) is 4.55. The van der Waals surface area contributed by atoms with E-state index in [4.69, 9.17) is 4.74 Å². The maximum atomic E-state index is 10.9. The Kier molecular flexibility index (Phi) is 7.81. The summed E-state index contributed by atoms with van der Waals surface area (Å²) in [5, 5.41) is 10.7. The zero-order valence-electron chi connectivity index (χ0n) is 16.0. The van der Waals surface area contributed by atoms with E-state index in [2.05, 4.69) is 4.52 Å². The van der Waals surface area contributed by atoms with E-state index >= 15 is 0 Å². The Morgan fingerprint density at radius 1 is 1.19 bits per heavy atom. The Balaban J connectivity index is 0.00000131. The number of allylic oxidation sites excluding steroid dienone is 1. The minimum Gasteiger partial charge on any atom is -0.780 e. The van der Waals surface area contributed by atoms with Gasteiger partial charge in [-0.3, -0.25) is 0 Å². The van der Waals surface area contributed by atoms with E-state index in [0.717, 1.165) is 37.9 Å². The van der Waals surface area contributed by atoms with Crippen LogP contribution in [-0.4, -0.2) is 17.8 Å². The van der Waals surface area contributed by atoms with Crippen LogP contribution < -0.4 is 73.4 Å². The van der Waals surface area contributed by atoms with Gasteiger partial charge in [0.15, 0.2) is 0 Å². The van der Waals surface area contributed by atoms with Crippen molar-refractivity contribution in [2.45, 2.75) is 37.7 Å². The Morgan fingerprint density at radius 3 is 2.33 bits per heavy atom. The standard InChI is InChI=1S/C18H23O6P.2Na/c1-23-17(12-3-2-4-15(7-12)24-25(20,21)22)16-13-5-11-6-14(16)10-18(19,8-11)9-13;;/h2-4,7,11,13-14,19H,5-6,8-10H2,1H3,(H2,20,21,22);;/q;2*+1/p-2. The molecule has 0 saturated heterocycles. The van der Waals surface area contributed by atoms with Gasteiger partial charge in [-0.05, 0) is 67.6 Å². The van der Waals surface area contributed by atoms with Gasteiger partial charge in [0, 0.05) is 5.56 Å². The summed E-state index contributed by atoms with van der Waals surface area (Å²) < 4.78 is 21.1. The number of ether oxygens (including phenoxy) is 1. The summed E-state index contributed by atoms with van der Waals surface area (Å²) in [6.45, 7) is 0. The topological polar surface area (TPSA) is 102 Å². The van der Waals surface area contributed by atoms with E-state index in [9.17, 15) is 19.5 Å². The fourth-order valence-electron chi connectivity index (χ4n) is 5.34. The van der Waals surface area contributed by atoms with E-state index in [1.165, 1.54) is 17.7 Å². The summed E-state index contributed by atoms with van der Waals surface area (Å²) in [5.74, 6) is 1.87. The van der Waals surface area contributed by atoms with Crippen LogP contribution in [0.2, 0.25) is 0 Å². The number of phosphoric ester groups is 1. The molecule has 2 atom stereocenters. The fourth-order valence-corrected chi connectivity index (χ4v) is 5.71. The van der Waals surface area contributed by atoms with Crippen molar-refractivity contribution in [3.8, 4) is 5.75 Å². The van der Waals surface area contributed by atoms with Crippen molar-refractivity contribution >= 4 is 13.6 Å². The van der Waals surface area contributed by atoms with Gasteiger partial charge in [0.05, 0.1) is 12.7 Å². The maximum absolute atomic E-state index is 10.9. The largest absolute Gasteiger partial charge is 1.00 e. The van der Waals surface area contributed by atoms with Crippen LogP contribution in [0.4, 0.5) is 0 Å². The van der Waals surface area contributed by atoms with E-state index in [1.54, 1.807) is 13.2 Å². The van der Waals surface area contributed by atoms with Gasteiger partial charge < -0.3 is 28.7 Å². The molecule has 9 heteroatoms. The number of benzene rings is 1. The molecule has 0 radical (unpaired) electrons. The van der Waals surface area contributed by atoms with E-state index in [-0.39, 0.29) is 64.9 Å². The molecule has 0 heterocycles. The third-order valence-electron chi connectivity index (χ3n) is 5.82. The van der Waals surface area contributed by atoms with Gasteiger partial charge in [0.1, 0.15) is 19.3 Å². The minimum absolute atomic E-state index is 0. The second kappa shape index (κ2) is 8.81. The fraction of sp³-hybridized carbons (Fsp3) is 0.556. The zero-order chi connectivity index (χ0) is 17.8. The van der Waals surface area contributed by atoms with Crippen LogP contribution >= 0.6 is 7.82 Å². The van der Waals surface area contributed by atoms with Crippen molar-refractivity contribution in [2.24, 2.45) is 17.8 Å². The maximum Gasteiger partial charge on any atom is 1.00 e. The molecule has 1 N–H and O–H groups in total. The van der Waals surface area contributed by atoms with E-state index < -0.39 is 13.4 Å². The first-order valence-electron chi connectivity index (χ1n) is 8.59. The summed E-state index contributed by atoms with van der Waals surface area (Å²) in [6, 6.07) is 6.42. The molecule has 4 aliphatic rings. The van der Waals surface area contributed by atoms with Crippen LogP contribution in [0.1, 0.15) is 37.7 Å². The quantitative estimate of drug-likeness (QED) is 0.307. The molecule has 6 nitrogen and oxygen atoms in total. The molecule has 4 bridgehead atoms. The van der Waals surface area contributed by atoms with Crippen molar-refractivity contribution in [2.75, 3.05) is 7.11 Å². The van der Waals surface area contributed by atoms with Crippen molar-refractivity contribution in [1.29, 1.82) is 0 Å². The van der Waals surface area contributed by atoms with Crippen molar-refractivity contribution in [3.63, 3.8) is 0 Å². The molecule has 1 aromatic rings. The van der Waals surface area contributed by atoms with Gasteiger partial charge in [-0.2, -0.15) is 0 Å². The molecular weight excluding hydrogens is 389 g/mol. The number of methoxy groups -OCH3 is 1. The van der Waals surface area contributed by atoms with Crippen LogP contribution in [0.3, 0.4) is 0 Å². The summed E-state index contributed by atoms with van der Waals surface area (Å²) >= 11 is 0. The Hall–Kier alpha value is 0.670. The third kappa shape index (κ3) is 5.05. The van der Waals surface area contributed by atoms with E-state index in [0.29, 0.717) is 23.3 Å². The van der Waals surface area contributed by atoms with Crippen LogP contribution in [0.15, 0.2) is 29.8 Å². The number of aliphatic hydroxyl groups is 1. The average molecular weight is 410 g/mol. The first-order valence-corrected chi connectivity index (χ1v) is 10.0. The molecule has 4 fully saturated rings. The van der Waals surface area contributed by atoms with Gasteiger partial charge in [0.2, 0.25) is 0 Å². The van der Waals surface area contributed by atoms with E-state index in [1.807, 2.05) is 6.07 Å². The van der Waals surface area contributed by atoms with Gasteiger partial charge >= 0.3 is 59.1 Å². The molecule has 2 unspecified atom stereocenters. The molecule has 27 heavy (non-hydrogen) atoms. The molecule has 136 valence electrons. The second-order valence-corrected chi connectivity index (χ2v) is 8.70. The normalized spacial score (nSPS) is 31.0. The second-order valence-electron chi connectivity index (χ2n) is 7.62. The minimum atomic E-state index is -5.10. The first kappa shape index (κ1) is 23.9. The number of phosphoric acid groups is 1. The average Bonchev–Trinajstić information content (AvgIpc) is 2.47. The molecule has 0 aliphatic heterocycles. The van der Waals surface area contributed by atoms with Crippen LogP contribution in [0.5, 0.6) is 5.75 Å². The first-order chi connectivity index (χ1) is 11.8. The molecule has 1 aromatic carbocycles. The van der Waals surface area contributed by atoms with Gasteiger partial charge in [-0.15, -0.1) is 0 Å². The third-order valence-corrected chi connectivity index (χ3v) is 6.25. The molecule has 0 amide bonds. The molecular formula is C18H21Na2O6P. The number of rotatable bonds is 4. The van der Waals surface area contributed by atoms with Crippen molar-refractivity contribution in [1.82, 2.24) is 0 Å². The molecule has 0 aromatic heterocycles. The molecule has 5 rings (SSSR count). The van der Waals surface area contributed by atoms with Gasteiger partial charge in [-0.1, -0.05) is 12.1 Å². The molecule has 4 saturated carbocycles. The predicted octanol–water partition coefficient (Wildman–Crippen LogP) is -4.17. The van der Waals surface area contributed by atoms with Crippen LogP contribution in [0, 0.1) is 17.8 Å². The number of hydrogen-bond acceptors (Lipinski definition) is 6. The van der Waals surface area contributed by atoms with Gasteiger partial charge in [0.25, 0.3) is 0 Å². The SMILES string of the molecule is COC(=C1C2CC3CC1CC(O)(C3)C2)c1cccc(OP(=O)([O-])[O-])c1.[Na+].[Na+]. The zero-order valence-corrected chi connectivity index (χ0v) is 20.9. The van der Waals surface area contributed by atoms with Crippen LogP contribution in [0.25, 0.3) is 5.76 Å². The Labute approximate surface area is 203 Å². The molecule has 4 aliphatic carbocycles. The monoisotopic (exact) mass is 410 g/mol. The van der Waals surface area contributed by atoms with Crippen molar-refractivity contribution < 1.29 is 87.8 Å². The summed E-state index contributed by atoms with van der Waals surface area (Å²) in [5.41, 5.74) is 1.37. The van der Waals surface area contributed by atoms with Gasteiger partial charge in [-0.25, -0.2) is 0 Å². The number of hydrogen-bond donors (Lipinski definition) is 1. The predicted molar refractivity (Wildman–Crippen MR) is 87.1 cm³/mol. The Bertz CT molecular complexity index is 759. The summed E-state index contributed by atoms with van der Waals surface area (Å²) in [4.78, 5) is 21.7. The van der Waals surface area contributed by atoms with Crippen LogP contribution in [-0.2, 0) is 9.30 Å².